The van der Waals surface area contributed by atoms with E-state index in [2.05, 4.69) is 0 Å². The first-order valence-electron chi connectivity index (χ1n) is 5.13. The van der Waals surface area contributed by atoms with E-state index in [0.29, 0.717) is 6.61 Å². The SMILES string of the molecule is FC(F)(F)[C@H](OC[C@H]1CO1)c1cc(Cl)ccc1Cl. The molecular formula is C11H9Cl2F3O2. The molecule has 0 bridgehead atoms. The molecule has 1 aromatic carbocycles. The van der Waals surface area contributed by atoms with Crippen molar-refractivity contribution < 1.29 is 22.6 Å². The van der Waals surface area contributed by atoms with Crippen LogP contribution in [-0.2, 0) is 9.47 Å². The quantitative estimate of drug-likeness (QED) is 0.784. The molecule has 7 heteroatoms. The molecule has 0 radical (unpaired) electrons. The van der Waals surface area contributed by atoms with E-state index in [9.17, 15) is 13.2 Å². The van der Waals surface area contributed by atoms with Gasteiger partial charge in [0.2, 0.25) is 0 Å². The summed E-state index contributed by atoms with van der Waals surface area (Å²) in [5, 5.41) is 0.147. The van der Waals surface area contributed by atoms with Crippen molar-refractivity contribution in [3.05, 3.63) is 33.8 Å². The predicted octanol–water partition coefficient (Wildman–Crippen LogP) is 4.01. The first kappa shape index (κ1) is 13.9. The summed E-state index contributed by atoms with van der Waals surface area (Å²) in [7, 11) is 0. The molecule has 2 atom stereocenters. The van der Waals surface area contributed by atoms with Gasteiger partial charge in [0.05, 0.1) is 13.2 Å². The van der Waals surface area contributed by atoms with Crippen LogP contribution in [0.5, 0.6) is 0 Å². The summed E-state index contributed by atoms with van der Waals surface area (Å²) in [5.74, 6) is 0. The molecule has 0 spiro atoms. The monoisotopic (exact) mass is 300 g/mol. The molecule has 0 aromatic heterocycles. The summed E-state index contributed by atoms with van der Waals surface area (Å²) in [5.41, 5.74) is -0.183. The highest BCUT2D eigenvalue weighted by molar-refractivity contribution is 6.33. The van der Waals surface area contributed by atoms with Gasteiger partial charge in [-0.3, -0.25) is 0 Å². The van der Waals surface area contributed by atoms with E-state index in [1.54, 1.807) is 0 Å². The fourth-order valence-corrected chi connectivity index (χ4v) is 1.84. The number of alkyl halides is 3. The van der Waals surface area contributed by atoms with Gasteiger partial charge in [-0.15, -0.1) is 0 Å². The van der Waals surface area contributed by atoms with Gasteiger partial charge in [0.15, 0.2) is 6.10 Å². The minimum Gasteiger partial charge on any atom is -0.371 e. The topological polar surface area (TPSA) is 21.8 Å². The van der Waals surface area contributed by atoms with E-state index in [1.165, 1.54) is 12.1 Å². The third-order valence-corrected chi connectivity index (χ3v) is 2.97. The Morgan fingerprint density at radius 3 is 2.61 bits per heavy atom. The van der Waals surface area contributed by atoms with Crippen LogP contribution in [0, 0.1) is 0 Å². The molecule has 2 nitrogen and oxygen atoms in total. The van der Waals surface area contributed by atoms with Crippen molar-refractivity contribution in [3.63, 3.8) is 0 Å². The number of hydrogen-bond donors (Lipinski definition) is 0. The molecule has 1 aromatic rings. The number of ether oxygens (including phenoxy) is 2. The van der Waals surface area contributed by atoms with Crippen molar-refractivity contribution in [1.29, 1.82) is 0 Å². The van der Waals surface area contributed by atoms with E-state index < -0.39 is 12.3 Å². The van der Waals surface area contributed by atoms with E-state index in [4.69, 9.17) is 32.7 Å². The first-order chi connectivity index (χ1) is 8.38. The number of halogens is 5. The highest BCUT2D eigenvalue weighted by Gasteiger charge is 2.44. The minimum atomic E-state index is -4.55. The third-order valence-electron chi connectivity index (χ3n) is 2.39. The number of epoxide rings is 1. The van der Waals surface area contributed by atoms with Gasteiger partial charge < -0.3 is 9.47 Å². The largest absolute Gasteiger partial charge is 0.418 e. The second-order valence-electron chi connectivity index (χ2n) is 3.88. The molecule has 1 fully saturated rings. The summed E-state index contributed by atoms with van der Waals surface area (Å²) in [6.07, 6.45) is -6.90. The molecular weight excluding hydrogens is 292 g/mol. The van der Waals surface area contributed by atoms with Crippen LogP contribution in [0.25, 0.3) is 0 Å². The van der Waals surface area contributed by atoms with Crippen LogP contribution in [0.15, 0.2) is 18.2 Å². The van der Waals surface area contributed by atoms with Crippen LogP contribution in [0.3, 0.4) is 0 Å². The van der Waals surface area contributed by atoms with Gasteiger partial charge in [0, 0.05) is 15.6 Å². The summed E-state index contributed by atoms with van der Waals surface area (Å²) < 4.78 is 48.4. The fraction of sp³-hybridized carbons (Fsp3) is 0.455. The molecule has 1 aliphatic heterocycles. The van der Waals surface area contributed by atoms with E-state index >= 15 is 0 Å². The lowest BCUT2D eigenvalue weighted by Crippen LogP contribution is -2.25. The van der Waals surface area contributed by atoms with Gasteiger partial charge in [-0.1, -0.05) is 23.2 Å². The summed E-state index contributed by atoms with van der Waals surface area (Å²) in [6.45, 7) is 0.306. The highest BCUT2D eigenvalue weighted by Crippen LogP contribution is 2.40. The van der Waals surface area contributed by atoms with Crippen molar-refractivity contribution in [2.75, 3.05) is 13.2 Å². The Hall–Kier alpha value is -0.490. The molecule has 1 aliphatic rings. The van der Waals surface area contributed by atoms with Crippen LogP contribution in [-0.4, -0.2) is 25.5 Å². The Balaban J connectivity index is 2.23. The summed E-state index contributed by atoms with van der Waals surface area (Å²) in [6, 6.07) is 3.90. The molecule has 0 unspecified atom stereocenters. The Morgan fingerprint density at radius 2 is 2.06 bits per heavy atom. The molecule has 1 heterocycles. The van der Waals surface area contributed by atoms with Crippen LogP contribution < -0.4 is 0 Å². The Kier molecular flexibility index (Phi) is 4.06. The van der Waals surface area contributed by atoms with Gasteiger partial charge in [-0.2, -0.15) is 13.2 Å². The summed E-state index contributed by atoms with van der Waals surface area (Å²) in [4.78, 5) is 0. The molecule has 1 saturated heterocycles. The standard InChI is InChI=1S/C11H9Cl2F3O2/c12-6-1-2-9(13)8(3-6)10(11(14,15)16)18-5-7-4-17-7/h1-3,7,10H,4-5H2/t7-,10-/m1/s1. The van der Waals surface area contributed by atoms with Crippen molar-refractivity contribution in [3.8, 4) is 0 Å². The van der Waals surface area contributed by atoms with Crippen LogP contribution >= 0.6 is 23.2 Å². The maximum atomic E-state index is 12.9. The lowest BCUT2D eigenvalue weighted by molar-refractivity contribution is -0.224. The maximum absolute atomic E-state index is 12.9. The van der Waals surface area contributed by atoms with E-state index in [-0.39, 0.29) is 28.3 Å². The van der Waals surface area contributed by atoms with Gasteiger partial charge in [0.25, 0.3) is 0 Å². The van der Waals surface area contributed by atoms with Gasteiger partial charge in [0.1, 0.15) is 6.10 Å². The van der Waals surface area contributed by atoms with E-state index in [0.717, 1.165) is 6.07 Å². The average Bonchev–Trinajstić information content (AvgIpc) is 3.05. The molecule has 18 heavy (non-hydrogen) atoms. The lowest BCUT2D eigenvalue weighted by atomic mass is 10.1. The number of rotatable bonds is 4. The predicted molar refractivity (Wildman–Crippen MR) is 61.0 cm³/mol. The van der Waals surface area contributed by atoms with Crippen molar-refractivity contribution in [2.45, 2.75) is 18.4 Å². The zero-order chi connectivity index (χ0) is 13.3. The van der Waals surface area contributed by atoms with E-state index in [1.807, 2.05) is 0 Å². The maximum Gasteiger partial charge on any atom is 0.418 e. The smallest absolute Gasteiger partial charge is 0.371 e. The van der Waals surface area contributed by atoms with Crippen LogP contribution in [0.1, 0.15) is 11.7 Å². The average molecular weight is 301 g/mol. The highest BCUT2D eigenvalue weighted by atomic mass is 35.5. The zero-order valence-corrected chi connectivity index (χ0v) is 10.5. The minimum absolute atomic E-state index is 0.0292. The van der Waals surface area contributed by atoms with Gasteiger partial charge in [-0.05, 0) is 18.2 Å². The molecule has 0 saturated carbocycles. The summed E-state index contributed by atoms with van der Waals surface area (Å²) >= 11 is 11.4. The number of hydrogen-bond acceptors (Lipinski definition) is 2. The Labute approximate surface area is 112 Å². The zero-order valence-electron chi connectivity index (χ0n) is 9.01. The van der Waals surface area contributed by atoms with Crippen molar-refractivity contribution in [1.82, 2.24) is 0 Å². The molecule has 0 amide bonds. The molecule has 2 rings (SSSR count). The Morgan fingerprint density at radius 1 is 1.39 bits per heavy atom. The van der Waals surface area contributed by atoms with Crippen LogP contribution in [0.4, 0.5) is 13.2 Å². The molecule has 0 aliphatic carbocycles. The van der Waals surface area contributed by atoms with Crippen LogP contribution in [0.2, 0.25) is 10.0 Å². The molecule has 0 N–H and O–H groups in total. The number of benzene rings is 1. The lowest BCUT2D eigenvalue weighted by Gasteiger charge is -2.22. The second kappa shape index (κ2) is 5.25. The van der Waals surface area contributed by atoms with Crippen molar-refractivity contribution in [2.24, 2.45) is 0 Å². The Bertz CT molecular complexity index is 433. The molecule has 100 valence electrons. The fourth-order valence-electron chi connectivity index (χ4n) is 1.44. The van der Waals surface area contributed by atoms with Gasteiger partial charge >= 0.3 is 6.18 Å². The van der Waals surface area contributed by atoms with Crippen molar-refractivity contribution >= 4 is 23.2 Å². The third kappa shape index (κ3) is 3.51. The normalized spacial score (nSPS) is 20.8. The second-order valence-corrected chi connectivity index (χ2v) is 4.72. The first-order valence-corrected chi connectivity index (χ1v) is 5.88. The van der Waals surface area contributed by atoms with Gasteiger partial charge in [-0.25, -0.2) is 0 Å².